The molecule has 0 heterocycles. The smallest absolute Gasteiger partial charge is 0.0473 e. The first kappa shape index (κ1) is 27.2. The lowest BCUT2D eigenvalue weighted by Gasteiger charge is -2.28. The van der Waals surface area contributed by atoms with Crippen molar-refractivity contribution in [1.82, 2.24) is 0 Å². The Kier molecular flexibility index (Phi) is 6.54. The Labute approximate surface area is 274 Å². The SMILES string of the molecule is c1ccc(-c2cc(-c3ccccc3)cc(N(c3ccc4ccccc4c3)c3ccc4c5ccccc5c5ccccc5c4c3)c2)cc1. The molecular weight excluding hydrogens is 567 g/mol. The number of hydrogen-bond donors (Lipinski definition) is 0. The lowest BCUT2D eigenvalue weighted by Crippen LogP contribution is -2.10. The van der Waals surface area contributed by atoms with Gasteiger partial charge in [0.2, 0.25) is 0 Å². The molecule has 0 atom stereocenters. The zero-order valence-corrected chi connectivity index (χ0v) is 25.8. The van der Waals surface area contributed by atoms with Gasteiger partial charge < -0.3 is 4.90 Å². The molecule has 0 saturated heterocycles. The number of benzene rings is 9. The zero-order valence-electron chi connectivity index (χ0n) is 25.8. The fourth-order valence-corrected chi connectivity index (χ4v) is 7.13. The first-order valence-corrected chi connectivity index (χ1v) is 16.2. The number of anilines is 3. The fourth-order valence-electron chi connectivity index (χ4n) is 7.13. The number of nitrogens with zero attached hydrogens (tertiary/aromatic N) is 1. The molecule has 220 valence electrons. The average molecular weight is 598 g/mol. The maximum atomic E-state index is 2.43. The Morgan fingerprint density at radius 1 is 0.234 bits per heavy atom. The molecule has 0 fully saturated rings. The molecule has 0 bridgehead atoms. The van der Waals surface area contributed by atoms with E-state index in [0.717, 1.165) is 17.1 Å². The van der Waals surface area contributed by atoms with Crippen molar-refractivity contribution in [3.63, 3.8) is 0 Å². The molecule has 0 N–H and O–H groups in total. The predicted molar refractivity (Wildman–Crippen MR) is 202 cm³/mol. The van der Waals surface area contributed by atoms with Gasteiger partial charge in [-0.2, -0.15) is 0 Å². The Hall–Kier alpha value is -6.18. The lowest BCUT2D eigenvalue weighted by molar-refractivity contribution is 1.29. The summed E-state index contributed by atoms with van der Waals surface area (Å²) in [5, 5.41) is 10.1. The molecule has 0 aromatic heterocycles. The third-order valence-corrected chi connectivity index (χ3v) is 9.37. The van der Waals surface area contributed by atoms with Gasteiger partial charge in [0.25, 0.3) is 0 Å². The highest BCUT2D eigenvalue weighted by molar-refractivity contribution is 6.25. The summed E-state index contributed by atoms with van der Waals surface area (Å²) < 4.78 is 0. The van der Waals surface area contributed by atoms with Crippen molar-refractivity contribution in [2.75, 3.05) is 4.90 Å². The Morgan fingerprint density at radius 3 is 1.28 bits per heavy atom. The minimum atomic E-state index is 1.12. The molecule has 1 heteroatoms. The summed E-state index contributed by atoms with van der Waals surface area (Å²) >= 11 is 0. The second kappa shape index (κ2) is 11.3. The van der Waals surface area contributed by atoms with E-state index in [4.69, 9.17) is 0 Å². The van der Waals surface area contributed by atoms with E-state index in [9.17, 15) is 0 Å². The van der Waals surface area contributed by atoms with Crippen LogP contribution in [0.2, 0.25) is 0 Å². The van der Waals surface area contributed by atoms with Crippen LogP contribution in [0.25, 0.3) is 65.3 Å². The van der Waals surface area contributed by atoms with Crippen molar-refractivity contribution < 1.29 is 0 Å². The average Bonchev–Trinajstić information content (AvgIpc) is 3.15. The van der Waals surface area contributed by atoms with Gasteiger partial charge in [-0.25, -0.2) is 0 Å². The van der Waals surface area contributed by atoms with Gasteiger partial charge in [-0.05, 0) is 108 Å². The monoisotopic (exact) mass is 597 g/mol. The van der Waals surface area contributed by atoms with Gasteiger partial charge in [-0.15, -0.1) is 0 Å². The van der Waals surface area contributed by atoms with Crippen molar-refractivity contribution in [3.05, 3.63) is 188 Å². The molecule has 0 aliphatic heterocycles. The summed E-state index contributed by atoms with van der Waals surface area (Å²) in [4.78, 5) is 2.43. The van der Waals surface area contributed by atoms with Gasteiger partial charge >= 0.3 is 0 Å². The van der Waals surface area contributed by atoms with Crippen molar-refractivity contribution in [2.24, 2.45) is 0 Å². The summed E-state index contributed by atoms with van der Waals surface area (Å²) in [7, 11) is 0. The van der Waals surface area contributed by atoms with Gasteiger partial charge in [0, 0.05) is 17.1 Å². The van der Waals surface area contributed by atoms with Crippen LogP contribution in [0.4, 0.5) is 17.1 Å². The first-order chi connectivity index (χ1) is 23.3. The molecule has 47 heavy (non-hydrogen) atoms. The molecule has 0 radical (unpaired) electrons. The highest BCUT2D eigenvalue weighted by Crippen LogP contribution is 2.43. The van der Waals surface area contributed by atoms with Gasteiger partial charge in [0.1, 0.15) is 0 Å². The fraction of sp³-hybridized carbons (Fsp3) is 0. The highest BCUT2D eigenvalue weighted by atomic mass is 15.1. The second-order valence-electron chi connectivity index (χ2n) is 12.2. The van der Waals surface area contributed by atoms with E-state index in [2.05, 4.69) is 193 Å². The molecule has 0 aliphatic carbocycles. The summed E-state index contributed by atoms with van der Waals surface area (Å²) in [5.74, 6) is 0. The number of hydrogen-bond acceptors (Lipinski definition) is 1. The molecule has 0 amide bonds. The summed E-state index contributed by atoms with van der Waals surface area (Å²) in [5.41, 5.74) is 8.12. The Balaban J connectivity index is 1.34. The van der Waals surface area contributed by atoms with Crippen LogP contribution in [0, 0.1) is 0 Å². The van der Waals surface area contributed by atoms with Gasteiger partial charge in [-0.1, -0.05) is 146 Å². The van der Waals surface area contributed by atoms with Crippen LogP contribution in [-0.2, 0) is 0 Å². The molecule has 9 aromatic rings. The first-order valence-electron chi connectivity index (χ1n) is 16.2. The topological polar surface area (TPSA) is 3.24 Å². The maximum absolute atomic E-state index is 2.43. The number of fused-ring (bicyclic) bond motifs is 7. The van der Waals surface area contributed by atoms with Crippen molar-refractivity contribution in [2.45, 2.75) is 0 Å². The van der Waals surface area contributed by atoms with E-state index in [1.165, 1.54) is 65.3 Å². The quantitative estimate of drug-likeness (QED) is 0.178. The van der Waals surface area contributed by atoms with E-state index in [1.54, 1.807) is 0 Å². The van der Waals surface area contributed by atoms with E-state index in [1.807, 2.05) is 0 Å². The van der Waals surface area contributed by atoms with Gasteiger partial charge in [0.15, 0.2) is 0 Å². The molecule has 9 aromatic carbocycles. The normalized spacial score (nSPS) is 11.4. The molecule has 0 aliphatic rings. The third-order valence-electron chi connectivity index (χ3n) is 9.37. The second-order valence-corrected chi connectivity index (χ2v) is 12.2. The van der Waals surface area contributed by atoms with E-state index in [-0.39, 0.29) is 0 Å². The van der Waals surface area contributed by atoms with Crippen molar-refractivity contribution in [1.29, 1.82) is 0 Å². The standard InChI is InChI=1S/C46H31N/c1-3-13-32(14-4-1)36-27-37(33-15-5-2-6-16-33)30-40(29-36)47(38-24-23-34-17-7-8-18-35(34)28-38)39-25-26-45-43-21-10-9-19-41(43)42-20-11-12-22-44(42)46(45)31-39/h1-31H. The van der Waals surface area contributed by atoms with Gasteiger partial charge in [0.05, 0.1) is 0 Å². The Morgan fingerprint density at radius 2 is 0.681 bits per heavy atom. The zero-order chi connectivity index (χ0) is 31.2. The summed E-state index contributed by atoms with van der Waals surface area (Å²) in [6, 6.07) is 68.4. The third kappa shape index (κ3) is 4.81. The minimum Gasteiger partial charge on any atom is -0.310 e. The lowest BCUT2D eigenvalue weighted by atomic mass is 9.93. The van der Waals surface area contributed by atoms with Crippen LogP contribution < -0.4 is 4.90 Å². The van der Waals surface area contributed by atoms with Crippen molar-refractivity contribution >= 4 is 60.2 Å². The number of rotatable bonds is 5. The van der Waals surface area contributed by atoms with Crippen LogP contribution in [0.1, 0.15) is 0 Å². The highest BCUT2D eigenvalue weighted by Gasteiger charge is 2.18. The van der Waals surface area contributed by atoms with Gasteiger partial charge in [-0.3, -0.25) is 0 Å². The molecular formula is C46H31N. The summed E-state index contributed by atoms with van der Waals surface area (Å²) in [6.45, 7) is 0. The van der Waals surface area contributed by atoms with Crippen LogP contribution in [-0.4, -0.2) is 0 Å². The largest absolute Gasteiger partial charge is 0.310 e. The molecule has 0 unspecified atom stereocenters. The van der Waals surface area contributed by atoms with E-state index < -0.39 is 0 Å². The van der Waals surface area contributed by atoms with Crippen LogP contribution in [0.3, 0.4) is 0 Å². The summed E-state index contributed by atoms with van der Waals surface area (Å²) in [6.07, 6.45) is 0. The minimum absolute atomic E-state index is 1.12. The molecule has 9 rings (SSSR count). The van der Waals surface area contributed by atoms with Crippen LogP contribution in [0.15, 0.2) is 188 Å². The van der Waals surface area contributed by atoms with E-state index >= 15 is 0 Å². The molecule has 1 nitrogen and oxygen atoms in total. The molecule has 0 spiro atoms. The predicted octanol–water partition coefficient (Wildman–Crippen LogP) is 13.1. The van der Waals surface area contributed by atoms with Crippen LogP contribution >= 0.6 is 0 Å². The Bertz CT molecular complexity index is 2470. The molecule has 0 saturated carbocycles. The van der Waals surface area contributed by atoms with Crippen LogP contribution in [0.5, 0.6) is 0 Å². The van der Waals surface area contributed by atoms with Crippen molar-refractivity contribution in [3.8, 4) is 22.3 Å². The van der Waals surface area contributed by atoms with E-state index in [0.29, 0.717) is 0 Å². The maximum Gasteiger partial charge on any atom is 0.0473 e.